The average molecular weight is 255 g/mol. The van der Waals surface area contributed by atoms with Crippen LogP contribution in [0.5, 0.6) is 0 Å². The van der Waals surface area contributed by atoms with E-state index in [1.54, 1.807) is 0 Å². The van der Waals surface area contributed by atoms with Gasteiger partial charge < -0.3 is 20.1 Å². The minimum absolute atomic E-state index is 0.0401. The molecular weight excluding hydrogens is 243 g/mol. The standard InChI is InChI=1S/C8H12F3N3O3/c9-8(10,11)4-16-2-1-6-13-7(17-14-6)5(12)3-15/h5,15H,1-4,12H2/t5-/m0/s1. The van der Waals surface area contributed by atoms with Crippen molar-refractivity contribution in [3.63, 3.8) is 0 Å². The number of ether oxygens (including phenoxy) is 1. The van der Waals surface area contributed by atoms with Crippen molar-refractivity contribution in [2.24, 2.45) is 5.73 Å². The monoisotopic (exact) mass is 255 g/mol. The molecule has 6 nitrogen and oxygen atoms in total. The first-order chi connectivity index (χ1) is 7.92. The SMILES string of the molecule is N[C@@H](CO)c1nc(CCOCC(F)(F)F)no1. The van der Waals surface area contributed by atoms with Crippen molar-refractivity contribution in [2.45, 2.75) is 18.6 Å². The molecule has 0 aliphatic carbocycles. The van der Waals surface area contributed by atoms with Gasteiger partial charge in [-0.2, -0.15) is 18.2 Å². The molecule has 0 aliphatic heterocycles. The van der Waals surface area contributed by atoms with Gasteiger partial charge in [-0.25, -0.2) is 0 Å². The zero-order valence-corrected chi connectivity index (χ0v) is 8.78. The van der Waals surface area contributed by atoms with Crippen molar-refractivity contribution < 1.29 is 27.5 Å². The molecule has 1 aromatic heterocycles. The van der Waals surface area contributed by atoms with Crippen LogP contribution >= 0.6 is 0 Å². The summed E-state index contributed by atoms with van der Waals surface area (Å²) in [6, 6.07) is -0.785. The maximum absolute atomic E-state index is 11.7. The average Bonchev–Trinajstić information content (AvgIpc) is 2.70. The van der Waals surface area contributed by atoms with E-state index in [4.69, 9.17) is 15.4 Å². The summed E-state index contributed by atoms with van der Waals surface area (Å²) >= 11 is 0. The van der Waals surface area contributed by atoms with Gasteiger partial charge in [0.1, 0.15) is 12.6 Å². The fourth-order valence-electron chi connectivity index (χ4n) is 0.949. The Morgan fingerprint density at radius 2 is 2.18 bits per heavy atom. The Kier molecular flexibility index (Phi) is 4.85. The van der Waals surface area contributed by atoms with Gasteiger partial charge >= 0.3 is 6.18 Å². The van der Waals surface area contributed by atoms with Gasteiger partial charge in [-0.05, 0) is 0 Å². The van der Waals surface area contributed by atoms with E-state index in [0.29, 0.717) is 0 Å². The maximum atomic E-state index is 11.7. The Bertz CT molecular complexity index is 342. The molecule has 0 amide bonds. The Hall–Kier alpha value is -1.19. The quantitative estimate of drug-likeness (QED) is 0.704. The van der Waals surface area contributed by atoms with Crippen molar-refractivity contribution in [3.05, 3.63) is 11.7 Å². The number of aliphatic hydroxyl groups excluding tert-OH is 1. The van der Waals surface area contributed by atoms with Gasteiger partial charge in [0.05, 0.1) is 13.2 Å². The van der Waals surface area contributed by atoms with Crippen LogP contribution in [0.15, 0.2) is 4.52 Å². The fourth-order valence-corrected chi connectivity index (χ4v) is 0.949. The number of nitrogens with two attached hydrogens (primary N) is 1. The lowest BCUT2D eigenvalue weighted by Gasteiger charge is -2.05. The lowest BCUT2D eigenvalue weighted by atomic mass is 10.3. The van der Waals surface area contributed by atoms with Crippen LogP contribution in [0.1, 0.15) is 17.8 Å². The van der Waals surface area contributed by atoms with Crippen molar-refractivity contribution in [1.82, 2.24) is 10.1 Å². The van der Waals surface area contributed by atoms with E-state index in [9.17, 15) is 13.2 Å². The van der Waals surface area contributed by atoms with E-state index < -0.39 is 18.8 Å². The van der Waals surface area contributed by atoms with E-state index in [2.05, 4.69) is 14.9 Å². The summed E-state index contributed by atoms with van der Waals surface area (Å²) in [5.41, 5.74) is 5.39. The van der Waals surface area contributed by atoms with Crippen molar-refractivity contribution in [2.75, 3.05) is 19.8 Å². The number of nitrogens with zero attached hydrogens (tertiary/aromatic N) is 2. The summed E-state index contributed by atoms with van der Waals surface area (Å²) in [4.78, 5) is 3.79. The summed E-state index contributed by atoms with van der Waals surface area (Å²) in [7, 11) is 0. The zero-order valence-electron chi connectivity index (χ0n) is 8.78. The summed E-state index contributed by atoms with van der Waals surface area (Å²) in [6.45, 7) is -1.84. The molecule has 0 saturated carbocycles. The number of aromatic nitrogens is 2. The van der Waals surface area contributed by atoms with Crippen LogP contribution in [0.2, 0.25) is 0 Å². The van der Waals surface area contributed by atoms with E-state index in [-0.39, 0.29) is 31.3 Å². The number of aliphatic hydroxyl groups is 1. The molecule has 0 fully saturated rings. The lowest BCUT2D eigenvalue weighted by molar-refractivity contribution is -0.173. The third-order valence-corrected chi connectivity index (χ3v) is 1.73. The molecule has 0 bridgehead atoms. The van der Waals surface area contributed by atoms with Gasteiger partial charge in [-0.1, -0.05) is 5.16 Å². The number of halogens is 3. The first-order valence-electron chi connectivity index (χ1n) is 4.76. The summed E-state index contributed by atoms with van der Waals surface area (Å²) < 4.78 is 44.2. The molecule has 0 aliphatic rings. The third-order valence-electron chi connectivity index (χ3n) is 1.73. The largest absolute Gasteiger partial charge is 0.411 e. The number of rotatable bonds is 6. The number of hydrogen-bond donors (Lipinski definition) is 2. The first-order valence-corrected chi connectivity index (χ1v) is 4.76. The molecule has 9 heteroatoms. The predicted molar refractivity (Wildman–Crippen MR) is 48.9 cm³/mol. The van der Waals surface area contributed by atoms with Crippen LogP contribution in [0, 0.1) is 0 Å². The summed E-state index contributed by atoms with van der Waals surface area (Å²) in [5, 5.41) is 12.2. The van der Waals surface area contributed by atoms with Crippen molar-refractivity contribution in [3.8, 4) is 0 Å². The Morgan fingerprint density at radius 1 is 1.47 bits per heavy atom. The normalized spacial score (nSPS) is 13.9. The highest BCUT2D eigenvalue weighted by atomic mass is 19.4. The van der Waals surface area contributed by atoms with Gasteiger partial charge in [-0.3, -0.25) is 0 Å². The molecule has 98 valence electrons. The molecule has 0 radical (unpaired) electrons. The second kappa shape index (κ2) is 5.94. The highest BCUT2D eigenvalue weighted by molar-refractivity contribution is 4.91. The first kappa shape index (κ1) is 13.9. The molecular formula is C8H12F3N3O3. The molecule has 0 saturated heterocycles. The topological polar surface area (TPSA) is 94.4 Å². The van der Waals surface area contributed by atoms with Crippen LogP contribution < -0.4 is 5.73 Å². The molecule has 17 heavy (non-hydrogen) atoms. The number of alkyl halides is 3. The van der Waals surface area contributed by atoms with Gasteiger partial charge in [0.15, 0.2) is 5.82 Å². The smallest absolute Gasteiger partial charge is 0.394 e. The molecule has 1 atom stereocenters. The molecule has 1 aromatic rings. The van der Waals surface area contributed by atoms with Crippen LogP contribution in [-0.4, -0.2) is 41.2 Å². The maximum Gasteiger partial charge on any atom is 0.411 e. The minimum atomic E-state index is -4.35. The fraction of sp³-hybridized carbons (Fsp3) is 0.750. The molecule has 0 unspecified atom stereocenters. The highest BCUT2D eigenvalue weighted by Gasteiger charge is 2.27. The van der Waals surface area contributed by atoms with Crippen LogP contribution in [0.25, 0.3) is 0 Å². The lowest BCUT2D eigenvalue weighted by Crippen LogP contribution is -2.18. The summed E-state index contributed by atoms with van der Waals surface area (Å²) in [6.07, 6.45) is -4.26. The summed E-state index contributed by atoms with van der Waals surface area (Å²) in [5.74, 6) is 0.226. The van der Waals surface area contributed by atoms with Gasteiger partial charge in [0.25, 0.3) is 0 Å². The highest BCUT2D eigenvalue weighted by Crippen LogP contribution is 2.14. The van der Waals surface area contributed by atoms with Crippen LogP contribution in [0.3, 0.4) is 0 Å². The molecule has 1 heterocycles. The van der Waals surface area contributed by atoms with E-state index in [1.165, 1.54) is 0 Å². The second-order valence-corrected chi connectivity index (χ2v) is 3.26. The second-order valence-electron chi connectivity index (χ2n) is 3.26. The number of hydrogen-bond acceptors (Lipinski definition) is 6. The zero-order chi connectivity index (χ0) is 12.9. The van der Waals surface area contributed by atoms with Gasteiger partial charge in [-0.15, -0.1) is 0 Å². The Morgan fingerprint density at radius 3 is 2.76 bits per heavy atom. The molecule has 0 aromatic carbocycles. The van der Waals surface area contributed by atoms with Crippen LogP contribution in [-0.2, 0) is 11.2 Å². The van der Waals surface area contributed by atoms with E-state index in [1.807, 2.05) is 0 Å². The molecule has 0 spiro atoms. The van der Waals surface area contributed by atoms with Crippen LogP contribution in [0.4, 0.5) is 13.2 Å². The van der Waals surface area contributed by atoms with Gasteiger partial charge in [0.2, 0.25) is 5.89 Å². The predicted octanol–water partition coefficient (Wildman–Crippen LogP) is 0.183. The Labute approximate surface area is 94.6 Å². The Balaban J connectivity index is 2.30. The van der Waals surface area contributed by atoms with Crippen molar-refractivity contribution in [1.29, 1.82) is 0 Å². The van der Waals surface area contributed by atoms with E-state index >= 15 is 0 Å². The minimum Gasteiger partial charge on any atom is -0.394 e. The molecule has 1 rings (SSSR count). The van der Waals surface area contributed by atoms with Crippen molar-refractivity contribution >= 4 is 0 Å². The molecule has 3 N–H and O–H groups in total. The third kappa shape index (κ3) is 5.11. The van der Waals surface area contributed by atoms with E-state index in [0.717, 1.165) is 0 Å². The van der Waals surface area contributed by atoms with Gasteiger partial charge in [0, 0.05) is 6.42 Å².